The normalized spacial score (nSPS) is 18.4. The molecular formula is C26H30N6O. The first-order chi connectivity index (χ1) is 16.2. The molecule has 0 bridgehead atoms. The number of likely N-dealkylation sites (N-methyl/N-ethyl adjacent to an activating group) is 1. The number of ether oxygens (including phenoxy) is 1. The first-order valence-corrected chi connectivity index (χ1v) is 11.9. The molecule has 0 atom stereocenters. The van der Waals surface area contributed by atoms with Crippen molar-refractivity contribution in [2.24, 2.45) is 0 Å². The van der Waals surface area contributed by atoms with E-state index in [1.807, 2.05) is 6.20 Å². The molecule has 4 aromatic rings. The molecule has 0 saturated carbocycles. The molecule has 0 radical (unpaired) electrons. The number of anilines is 1. The molecule has 170 valence electrons. The van der Waals surface area contributed by atoms with Gasteiger partial charge in [0.1, 0.15) is 5.82 Å². The van der Waals surface area contributed by atoms with Gasteiger partial charge in [0, 0.05) is 73.9 Å². The van der Waals surface area contributed by atoms with E-state index in [0.717, 1.165) is 98.0 Å². The van der Waals surface area contributed by atoms with Crippen LogP contribution in [0.4, 0.5) is 5.82 Å². The second kappa shape index (κ2) is 8.74. The highest BCUT2D eigenvalue weighted by atomic mass is 16.5. The maximum absolute atomic E-state index is 5.63. The number of morpholine rings is 1. The summed E-state index contributed by atoms with van der Waals surface area (Å²) in [6.07, 6.45) is 1.97. The summed E-state index contributed by atoms with van der Waals surface area (Å²) in [6.45, 7) is 8.61. The maximum atomic E-state index is 5.63. The van der Waals surface area contributed by atoms with Crippen LogP contribution in [0.2, 0.25) is 0 Å². The largest absolute Gasteiger partial charge is 0.378 e. The van der Waals surface area contributed by atoms with Crippen LogP contribution in [0.1, 0.15) is 5.56 Å². The summed E-state index contributed by atoms with van der Waals surface area (Å²) < 4.78 is 5.63. The second-order valence-electron chi connectivity index (χ2n) is 9.15. The van der Waals surface area contributed by atoms with Crippen LogP contribution in [0.5, 0.6) is 0 Å². The molecule has 2 aliphatic heterocycles. The van der Waals surface area contributed by atoms with E-state index in [4.69, 9.17) is 14.7 Å². The smallest absolute Gasteiger partial charge is 0.162 e. The number of aromatic nitrogens is 3. The van der Waals surface area contributed by atoms with Gasteiger partial charge in [-0.25, -0.2) is 9.97 Å². The number of hydrogen-bond donors (Lipinski definition) is 1. The highest BCUT2D eigenvalue weighted by Gasteiger charge is 2.20. The van der Waals surface area contributed by atoms with Crippen LogP contribution in [-0.2, 0) is 11.3 Å². The van der Waals surface area contributed by atoms with Crippen molar-refractivity contribution in [1.29, 1.82) is 0 Å². The van der Waals surface area contributed by atoms with Crippen molar-refractivity contribution in [2.45, 2.75) is 6.54 Å². The minimum Gasteiger partial charge on any atom is -0.378 e. The molecule has 1 N–H and O–H groups in total. The summed E-state index contributed by atoms with van der Waals surface area (Å²) in [4.78, 5) is 20.8. The Balaban J connectivity index is 1.43. The third kappa shape index (κ3) is 4.08. The fourth-order valence-corrected chi connectivity index (χ4v) is 4.94. The van der Waals surface area contributed by atoms with E-state index >= 15 is 0 Å². The Labute approximate surface area is 194 Å². The van der Waals surface area contributed by atoms with Gasteiger partial charge in [-0.15, -0.1) is 0 Å². The average molecular weight is 443 g/mol. The summed E-state index contributed by atoms with van der Waals surface area (Å²) in [5.74, 6) is 1.80. The predicted molar refractivity (Wildman–Crippen MR) is 133 cm³/mol. The van der Waals surface area contributed by atoms with Crippen molar-refractivity contribution in [3.63, 3.8) is 0 Å². The van der Waals surface area contributed by atoms with Crippen LogP contribution in [0.3, 0.4) is 0 Å². The minimum absolute atomic E-state index is 0.731. The first kappa shape index (κ1) is 20.6. The summed E-state index contributed by atoms with van der Waals surface area (Å²) in [6, 6.07) is 15.1. The molecule has 7 heteroatoms. The van der Waals surface area contributed by atoms with Gasteiger partial charge in [-0.05, 0) is 36.9 Å². The van der Waals surface area contributed by atoms with Crippen molar-refractivity contribution in [3.8, 4) is 11.4 Å². The lowest BCUT2D eigenvalue weighted by Crippen LogP contribution is -2.43. The van der Waals surface area contributed by atoms with E-state index in [2.05, 4.69) is 69.2 Å². The molecule has 7 nitrogen and oxygen atoms in total. The highest BCUT2D eigenvalue weighted by molar-refractivity contribution is 5.97. The van der Waals surface area contributed by atoms with Gasteiger partial charge in [-0.3, -0.25) is 4.90 Å². The Morgan fingerprint density at radius 2 is 1.76 bits per heavy atom. The molecule has 2 saturated heterocycles. The molecular weight excluding hydrogens is 412 g/mol. The van der Waals surface area contributed by atoms with Gasteiger partial charge in [-0.1, -0.05) is 18.2 Å². The SMILES string of the molecule is CN1CCN(Cc2ccc3nc(-c4cccc5[nH]ccc45)nc(N4CCOCC4)c3c2)CC1. The molecule has 6 rings (SSSR count). The van der Waals surface area contributed by atoms with Crippen LogP contribution in [-0.4, -0.2) is 84.3 Å². The van der Waals surface area contributed by atoms with E-state index in [9.17, 15) is 0 Å². The Hall–Kier alpha value is -3.00. The summed E-state index contributed by atoms with van der Waals surface area (Å²) >= 11 is 0. The van der Waals surface area contributed by atoms with Gasteiger partial charge in [-0.2, -0.15) is 0 Å². The van der Waals surface area contributed by atoms with Gasteiger partial charge in [0.25, 0.3) is 0 Å². The lowest BCUT2D eigenvalue weighted by molar-refractivity contribution is 0.122. The molecule has 0 aliphatic carbocycles. The van der Waals surface area contributed by atoms with Crippen LogP contribution in [0, 0.1) is 0 Å². The third-order valence-corrected chi connectivity index (χ3v) is 6.89. The third-order valence-electron chi connectivity index (χ3n) is 6.89. The summed E-state index contributed by atoms with van der Waals surface area (Å²) in [5, 5.41) is 2.28. The average Bonchev–Trinajstić information content (AvgIpc) is 3.34. The fourth-order valence-electron chi connectivity index (χ4n) is 4.94. The minimum atomic E-state index is 0.731. The van der Waals surface area contributed by atoms with Crippen LogP contribution in [0.15, 0.2) is 48.7 Å². The Bertz CT molecular complexity index is 1270. The number of H-pyrrole nitrogens is 1. The number of rotatable bonds is 4. The number of aromatic amines is 1. The molecule has 0 spiro atoms. The molecule has 0 unspecified atom stereocenters. The number of fused-ring (bicyclic) bond motifs is 2. The molecule has 2 fully saturated rings. The Morgan fingerprint density at radius 1 is 0.909 bits per heavy atom. The quantitative estimate of drug-likeness (QED) is 0.523. The van der Waals surface area contributed by atoms with Crippen molar-refractivity contribution >= 4 is 27.6 Å². The van der Waals surface area contributed by atoms with E-state index < -0.39 is 0 Å². The zero-order valence-electron chi connectivity index (χ0n) is 19.1. The highest BCUT2D eigenvalue weighted by Crippen LogP contribution is 2.32. The van der Waals surface area contributed by atoms with Crippen molar-refractivity contribution < 1.29 is 4.74 Å². The van der Waals surface area contributed by atoms with Crippen LogP contribution >= 0.6 is 0 Å². The fraction of sp³-hybridized carbons (Fsp3) is 0.385. The number of benzene rings is 2. The van der Waals surface area contributed by atoms with E-state index in [1.165, 1.54) is 5.56 Å². The molecule has 4 heterocycles. The van der Waals surface area contributed by atoms with Gasteiger partial charge in [0.2, 0.25) is 0 Å². The molecule has 2 aromatic heterocycles. The lowest BCUT2D eigenvalue weighted by atomic mass is 10.1. The molecule has 0 amide bonds. The van der Waals surface area contributed by atoms with Crippen LogP contribution < -0.4 is 4.90 Å². The van der Waals surface area contributed by atoms with Crippen LogP contribution in [0.25, 0.3) is 33.2 Å². The van der Waals surface area contributed by atoms with Crippen molar-refractivity contribution in [3.05, 3.63) is 54.2 Å². The van der Waals surface area contributed by atoms with E-state index in [-0.39, 0.29) is 0 Å². The predicted octanol–water partition coefficient (Wildman–Crippen LogP) is 3.36. The van der Waals surface area contributed by atoms with Gasteiger partial charge in [0.15, 0.2) is 5.82 Å². The number of hydrogen-bond acceptors (Lipinski definition) is 6. The second-order valence-corrected chi connectivity index (χ2v) is 9.15. The zero-order chi connectivity index (χ0) is 22.2. The Kier molecular flexibility index (Phi) is 5.46. The van der Waals surface area contributed by atoms with Gasteiger partial charge in [0.05, 0.1) is 18.7 Å². The summed E-state index contributed by atoms with van der Waals surface area (Å²) in [7, 11) is 2.20. The lowest BCUT2D eigenvalue weighted by Gasteiger charge is -2.32. The monoisotopic (exact) mass is 442 g/mol. The first-order valence-electron chi connectivity index (χ1n) is 11.9. The topological polar surface area (TPSA) is 60.5 Å². The van der Waals surface area contributed by atoms with Crippen molar-refractivity contribution in [1.82, 2.24) is 24.8 Å². The zero-order valence-corrected chi connectivity index (χ0v) is 19.1. The van der Waals surface area contributed by atoms with E-state index in [1.54, 1.807) is 0 Å². The maximum Gasteiger partial charge on any atom is 0.162 e. The molecule has 33 heavy (non-hydrogen) atoms. The Morgan fingerprint density at radius 3 is 2.61 bits per heavy atom. The van der Waals surface area contributed by atoms with Gasteiger partial charge >= 0.3 is 0 Å². The standard InChI is InChI=1S/C26H30N6O/c1-30-9-11-31(12-10-30)18-19-5-6-24-22(17-19)26(32-13-15-33-16-14-32)29-25(28-24)21-3-2-4-23-20(21)7-8-27-23/h2-8,17,27H,9-16,18H2,1H3. The van der Waals surface area contributed by atoms with Gasteiger partial charge < -0.3 is 19.5 Å². The van der Waals surface area contributed by atoms with E-state index in [0.29, 0.717) is 0 Å². The number of nitrogens with zero attached hydrogens (tertiary/aromatic N) is 5. The molecule has 2 aromatic carbocycles. The number of nitrogens with one attached hydrogen (secondary N) is 1. The van der Waals surface area contributed by atoms with Crippen molar-refractivity contribution in [2.75, 3.05) is 64.4 Å². The molecule has 2 aliphatic rings. The summed E-state index contributed by atoms with van der Waals surface area (Å²) in [5.41, 5.74) is 4.49. The number of piperazine rings is 1.